The molecule has 2 atom stereocenters. The van der Waals surface area contributed by atoms with Crippen LogP contribution in [0.2, 0.25) is 0 Å². The summed E-state index contributed by atoms with van der Waals surface area (Å²) in [4.78, 5) is 16.0. The van der Waals surface area contributed by atoms with Crippen LogP contribution in [-0.2, 0) is 4.79 Å². The number of aliphatic hydroxyl groups excluding tert-OH is 1. The van der Waals surface area contributed by atoms with Gasteiger partial charge in [0.1, 0.15) is 0 Å². The van der Waals surface area contributed by atoms with Gasteiger partial charge in [-0.2, -0.15) is 0 Å². The average molecular weight is 228 g/mol. The van der Waals surface area contributed by atoms with E-state index in [1.54, 1.807) is 11.9 Å². The van der Waals surface area contributed by atoms with Gasteiger partial charge < -0.3 is 10.0 Å². The molecule has 1 saturated heterocycles. The van der Waals surface area contributed by atoms with Crippen LogP contribution in [0.4, 0.5) is 0 Å². The number of carbonyl (C=O) groups excluding carboxylic acids is 1. The first-order valence-electron chi connectivity index (χ1n) is 6.03. The molecular weight excluding hydrogens is 204 g/mol. The maximum atomic E-state index is 12.1. The molecule has 1 fully saturated rings. The molecule has 16 heavy (non-hydrogen) atoms. The summed E-state index contributed by atoms with van der Waals surface area (Å²) in [5, 5.41) is 9.92. The Morgan fingerprint density at radius 2 is 1.88 bits per heavy atom. The molecule has 4 heteroatoms. The van der Waals surface area contributed by atoms with Crippen LogP contribution in [0.5, 0.6) is 0 Å². The maximum absolute atomic E-state index is 12.1. The highest BCUT2D eigenvalue weighted by atomic mass is 16.3. The topological polar surface area (TPSA) is 43.8 Å². The number of likely N-dealkylation sites (tertiary alicyclic amines) is 1. The van der Waals surface area contributed by atoms with E-state index in [1.807, 2.05) is 13.8 Å². The van der Waals surface area contributed by atoms with Crippen molar-refractivity contribution in [1.29, 1.82) is 0 Å². The standard InChI is InChI=1S/C12H24N2O2/c1-8(2)13(5)12(16)10-6-14(9(3)4)7-11(10)15/h8-11,15H,6-7H2,1-5H3. The lowest BCUT2D eigenvalue weighted by Crippen LogP contribution is -2.42. The molecule has 0 radical (unpaired) electrons. The predicted molar refractivity (Wildman–Crippen MR) is 64.1 cm³/mol. The molecule has 1 amide bonds. The Morgan fingerprint density at radius 3 is 2.25 bits per heavy atom. The normalized spacial score (nSPS) is 26.8. The summed E-state index contributed by atoms with van der Waals surface area (Å²) >= 11 is 0. The van der Waals surface area contributed by atoms with E-state index in [-0.39, 0.29) is 17.9 Å². The molecule has 0 bridgehead atoms. The molecule has 0 aliphatic carbocycles. The van der Waals surface area contributed by atoms with Gasteiger partial charge in [-0.25, -0.2) is 0 Å². The van der Waals surface area contributed by atoms with Crippen LogP contribution < -0.4 is 0 Å². The minimum Gasteiger partial charge on any atom is -0.391 e. The lowest BCUT2D eigenvalue weighted by atomic mass is 10.0. The number of hydrogen-bond acceptors (Lipinski definition) is 3. The van der Waals surface area contributed by atoms with Crippen LogP contribution in [0.15, 0.2) is 0 Å². The van der Waals surface area contributed by atoms with Crippen molar-refractivity contribution in [2.24, 2.45) is 5.92 Å². The fourth-order valence-corrected chi connectivity index (χ4v) is 2.00. The van der Waals surface area contributed by atoms with Gasteiger partial charge in [0.15, 0.2) is 0 Å². The van der Waals surface area contributed by atoms with E-state index in [2.05, 4.69) is 18.7 Å². The fourth-order valence-electron chi connectivity index (χ4n) is 2.00. The van der Waals surface area contributed by atoms with E-state index in [9.17, 15) is 9.90 Å². The van der Waals surface area contributed by atoms with Crippen LogP contribution in [0.3, 0.4) is 0 Å². The van der Waals surface area contributed by atoms with Gasteiger partial charge in [-0.05, 0) is 27.7 Å². The molecule has 0 saturated carbocycles. The highest BCUT2D eigenvalue weighted by molar-refractivity contribution is 5.80. The number of β-amino-alcohol motifs (C(OH)–C–C–N with tert-alkyl or cyclic N) is 1. The third-order valence-electron chi connectivity index (χ3n) is 3.49. The molecule has 1 N–H and O–H groups in total. The molecule has 0 spiro atoms. The zero-order valence-corrected chi connectivity index (χ0v) is 11.0. The number of nitrogens with zero attached hydrogens (tertiary/aromatic N) is 2. The zero-order chi connectivity index (χ0) is 12.5. The van der Waals surface area contributed by atoms with E-state index in [0.29, 0.717) is 19.1 Å². The van der Waals surface area contributed by atoms with Crippen molar-refractivity contribution >= 4 is 5.91 Å². The zero-order valence-electron chi connectivity index (χ0n) is 11.0. The number of carbonyl (C=O) groups is 1. The minimum absolute atomic E-state index is 0.0608. The second kappa shape index (κ2) is 5.15. The monoisotopic (exact) mass is 228 g/mol. The largest absolute Gasteiger partial charge is 0.391 e. The van der Waals surface area contributed by atoms with Gasteiger partial charge in [0.25, 0.3) is 0 Å². The van der Waals surface area contributed by atoms with E-state index < -0.39 is 6.10 Å². The number of amides is 1. The SMILES string of the molecule is CC(C)N1CC(O)C(C(=O)N(C)C(C)C)C1. The quantitative estimate of drug-likeness (QED) is 0.767. The molecule has 0 aromatic heterocycles. The number of hydrogen-bond donors (Lipinski definition) is 1. The van der Waals surface area contributed by atoms with E-state index in [1.165, 1.54) is 0 Å². The van der Waals surface area contributed by atoms with Gasteiger partial charge in [0, 0.05) is 32.2 Å². The summed E-state index contributed by atoms with van der Waals surface area (Å²) in [6, 6.07) is 0.574. The summed E-state index contributed by atoms with van der Waals surface area (Å²) in [6.45, 7) is 9.44. The number of aliphatic hydroxyl groups is 1. The van der Waals surface area contributed by atoms with Gasteiger partial charge in [-0.3, -0.25) is 9.69 Å². The van der Waals surface area contributed by atoms with Crippen LogP contribution in [-0.4, -0.2) is 59.1 Å². The molecule has 2 unspecified atom stereocenters. The Labute approximate surface area is 98.2 Å². The second-order valence-electron chi connectivity index (χ2n) is 5.26. The Balaban J connectivity index is 2.64. The average Bonchev–Trinajstić information content (AvgIpc) is 2.58. The first-order valence-corrected chi connectivity index (χ1v) is 6.03. The Bertz CT molecular complexity index is 253. The molecule has 94 valence electrons. The molecule has 1 aliphatic heterocycles. The van der Waals surface area contributed by atoms with Crippen molar-refractivity contribution in [3.8, 4) is 0 Å². The molecular formula is C12H24N2O2. The van der Waals surface area contributed by atoms with Crippen molar-refractivity contribution in [1.82, 2.24) is 9.80 Å². The molecule has 1 aliphatic rings. The Kier molecular flexibility index (Phi) is 4.33. The van der Waals surface area contributed by atoms with Gasteiger partial charge in [-0.15, -0.1) is 0 Å². The molecule has 1 heterocycles. The van der Waals surface area contributed by atoms with Crippen molar-refractivity contribution in [3.63, 3.8) is 0 Å². The van der Waals surface area contributed by atoms with Crippen LogP contribution in [0.1, 0.15) is 27.7 Å². The molecule has 0 aromatic carbocycles. The first kappa shape index (κ1) is 13.5. The van der Waals surface area contributed by atoms with E-state index in [4.69, 9.17) is 0 Å². The van der Waals surface area contributed by atoms with E-state index >= 15 is 0 Å². The fraction of sp³-hybridized carbons (Fsp3) is 0.917. The van der Waals surface area contributed by atoms with E-state index in [0.717, 1.165) is 0 Å². The summed E-state index contributed by atoms with van der Waals surface area (Å²) in [5.41, 5.74) is 0. The van der Waals surface area contributed by atoms with Crippen molar-refractivity contribution in [3.05, 3.63) is 0 Å². The van der Waals surface area contributed by atoms with Crippen molar-refractivity contribution in [2.75, 3.05) is 20.1 Å². The van der Waals surface area contributed by atoms with Crippen molar-refractivity contribution in [2.45, 2.75) is 45.9 Å². The maximum Gasteiger partial charge on any atom is 0.229 e. The highest BCUT2D eigenvalue weighted by Crippen LogP contribution is 2.21. The third kappa shape index (κ3) is 2.74. The van der Waals surface area contributed by atoms with Gasteiger partial charge >= 0.3 is 0 Å². The van der Waals surface area contributed by atoms with Gasteiger partial charge in [0.2, 0.25) is 5.91 Å². The third-order valence-corrected chi connectivity index (χ3v) is 3.49. The van der Waals surface area contributed by atoms with Crippen molar-refractivity contribution < 1.29 is 9.90 Å². The Morgan fingerprint density at radius 1 is 1.31 bits per heavy atom. The minimum atomic E-state index is -0.518. The highest BCUT2D eigenvalue weighted by Gasteiger charge is 2.38. The Hall–Kier alpha value is -0.610. The summed E-state index contributed by atoms with van der Waals surface area (Å²) in [7, 11) is 1.80. The lowest BCUT2D eigenvalue weighted by molar-refractivity contribution is -0.137. The lowest BCUT2D eigenvalue weighted by Gasteiger charge is -2.26. The van der Waals surface area contributed by atoms with Crippen LogP contribution >= 0.6 is 0 Å². The summed E-state index contributed by atoms with van der Waals surface area (Å²) in [6.07, 6.45) is -0.518. The predicted octanol–water partition coefficient (Wildman–Crippen LogP) is 0.554. The van der Waals surface area contributed by atoms with Gasteiger partial charge in [-0.1, -0.05) is 0 Å². The second-order valence-corrected chi connectivity index (χ2v) is 5.26. The molecule has 4 nitrogen and oxygen atoms in total. The first-order chi connectivity index (χ1) is 7.34. The molecule has 1 rings (SSSR count). The van der Waals surface area contributed by atoms with Crippen LogP contribution in [0.25, 0.3) is 0 Å². The smallest absolute Gasteiger partial charge is 0.229 e. The van der Waals surface area contributed by atoms with Crippen LogP contribution in [0, 0.1) is 5.92 Å². The summed E-state index contributed by atoms with van der Waals surface area (Å²) < 4.78 is 0. The van der Waals surface area contributed by atoms with Gasteiger partial charge in [0.05, 0.1) is 12.0 Å². The summed E-state index contributed by atoms with van der Waals surface area (Å²) in [5.74, 6) is -0.194. The number of rotatable bonds is 3. The molecule has 0 aromatic rings.